The summed E-state index contributed by atoms with van der Waals surface area (Å²) in [4.78, 5) is 0. The van der Waals surface area contributed by atoms with E-state index >= 15 is 0 Å². The summed E-state index contributed by atoms with van der Waals surface area (Å²) in [7, 11) is 0. The first-order valence-corrected chi connectivity index (χ1v) is 9.00. The maximum Gasteiger partial charge on any atom is 0.136 e. The van der Waals surface area contributed by atoms with Gasteiger partial charge in [-0.3, -0.25) is 0 Å². The second kappa shape index (κ2) is 9.62. The van der Waals surface area contributed by atoms with Crippen LogP contribution in [0.2, 0.25) is 0 Å². The van der Waals surface area contributed by atoms with Crippen molar-refractivity contribution in [2.45, 2.75) is 13.1 Å². The van der Waals surface area contributed by atoms with E-state index in [1.807, 2.05) is 60.7 Å². The molecule has 4 heteroatoms. The fourth-order valence-corrected chi connectivity index (χ4v) is 2.80. The Labute approximate surface area is 164 Å². The molecule has 0 saturated heterocycles. The smallest absolute Gasteiger partial charge is 0.136 e. The molecule has 0 bridgehead atoms. The minimum atomic E-state index is 0.114. The Kier molecular flexibility index (Phi) is 6.44. The van der Waals surface area contributed by atoms with Gasteiger partial charge in [-0.2, -0.15) is 10.5 Å². The molecule has 28 heavy (non-hydrogen) atoms. The number of benzene rings is 3. The Hall–Kier alpha value is -4.02. The van der Waals surface area contributed by atoms with Crippen LogP contribution >= 0.6 is 0 Å². The third kappa shape index (κ3) is 5.00. The monoisotopic (exact) mass is 364 g/mol. The highest BCUT2D eigenvalue weighted by Gasteiger charge is 2.01. The summed E-state index contributed by atoms with van der Waals surface area (Å²) < 4.78 is 0. The summed E-state index contributed by atoms with van der Waals surface area (Å²) >= 11 is 0. The molecule has 0 atom stereocenters. The molecule has 0 heterocycles. The highest BCUT2D eigenvalue weighted by molar-refractivity contribution is 5.72. The van der Waals surface area contributed by atoms with Crippen molar-refractivity contribution in [1.29, 1.82) is 10.5 Å². The predicted octanol–water partition coefficient (Wildman–Crippen LogP) is 2.53. The Morgan fingerprint density at radius 3 is 1.46 bits per heavy atom. The van der Waals surface area contributed by atoms with Crippen LogP contribution < -0.4 is 21.1 Å². The molecule has 0 spiro atoms. The molecule has 2 N–H and O–H groups in total. The van der Waals surface area contributed by atoms with Crippen molar-refractivity contribution >= 4 is 11.4 Å². The summed E-state index contributed by atoms with van der Waals surface area (Å²) in [6, 6.07) is 31.6. The van der Waals surface area contributed by atoms with Crippen LogP contribution in [0.3, 0.4) is 0 Å². The molecule has 0 aliphatic rings. The van der Waals surface area contributed by atoms with Gasteiger partial charge < -0.3 is 10.6 Å². The lowest BCUT2D eigenvalue weighted by Crippen LogP contribution is -2.31. The second-order valence-corrected chi connectivity index (χ2v) is 6.23. The number of rotatable bonds is 6. The summed E-state index contributed by atoms with van der Waals surface area (Å²) in [5, 5.41) is 26.6. The largest absolute Gasteiger partial charge is 0.367 e. The van der Waals surface area contributed by atoms with Crippen LogP contribution in [-0.2, 0) is 13.1 Å². The van der Waals surface area contributed by atoms with E-state index in [2.05, 4.69) is 34.9 Å². The predicted molar refractivity (Wildman–Crippen MR) is 110 cm³/mol. The van der Waals surface area contributed by atoms with E-state index in [0.29, 0.717) is 18.3 Å². The molecular formula is C24H20N4. The van der Waals surface area contributed by atoms with Crippen LogP contribution in [0.1, 0.15) is 11.1 Å². The van der Waals surface area contributed by atoms with Crippen LogP contribution in [0.25, 0.3) is 11.4 Å². The number of hydrogen-bond donors (Lipinski definition) is 2. The molecule has 3 rings (SSSR count). The standard InChI is InChI=1S/C24H20N4/c25-15-23(16-26)21-11-13-22(14-12-21)24(27-17-19-7-3-1-4-8-19)28-18-20-9-5-2-6-10-20/h1-14,27-28H,17-18H2. The van der Waals surface area contributed by atoms with E-state index in [0.717, 1.165) is 11.0 Å². The third-order valence-electron chi connectivity index (χ3n) is 4.31. The van der Waals surface area contributed by atoms with E-state index in [1.54, 1.807) is 12.1 Å². The lowest BCUT2D eigenvalue weighted by molar-refractivity contribution is 0.766. The van der Waals surface area contributed by atoms with E-state index in [4.69, 9.17) is 10.5 Å². The minimum Gasteiger partial charge on any atom is -0.367 e. The second-order valence-electron chi connectivity index (χ2n) is 6.23. The molecule has 0 amide bonds. The maximum absolute atomic E-state index is 9.04. The molecule has 3 aromatic carbocycles. The van der Waals surface area contributed by atoms with Gasteiger partial charge in [-0.25, -0.2) is 0 Å². The molecule has 0 aliphatic heterocycles. The van der Waals surface area contributed by atoms with Gasteiger partial charge >= 0.3 is 0 Å². The highest BCUT2D eigenvalue weighted by Crippen LogP contribution is 2.01. The lowest BCUT2D eigenvalue weighted by Gasteiger charge is -2.14. The van der Waals surface area contributed by atoms with E-state index in [9.17, 15) is 0 Å². The van der Waals surface area contributed by atoms with Gasteiger partial charge in [0.15, 0.2) is 0 Å². The Morgan fingerprint density at radius 1 is 0.607 bits per heavy atom. The van der Waals surface area contributed by atoms with Crippen molar-refractivity contribution in [2.75, 3.05) is 0 Å². The normalized spacial score (nSPS) is 9.64. The fraction of sp³-hybridized carbons (Fsp3) is 0.0833. The molecular weight excluding hydrogens is 344 g/mol. The van der Waals surface area contributed by atoms with E-state index in [-0.39, 0.29) is 5.57 Å². The first-order valence-electron chi connectivity index (χ1n) is 9.00. The first-order chi connectivity index (χ1) is 13.8. The van der Waals surface area contributed by atoms with Crippen LogP contribution in [-0.4, -0.2) is 0 Å². The van der Waals surface area contributed by atoms with Crippen molar-refractivity contribution < 1.29 is 0 Å². The van der Waals surface area contributed by atoms with Crippen molar-refractivity contribution in [3.63, 3.8) is 0 Å². The van der Waals surface area contributed by atoms with Crippen LogP contribution in [0.15, 0.2) is 84.9 Å². The van der Waals surface area contributed by atoms with Gasteiger partial charge in [0.25, 0.3) is 0 Å². The van der Waals surface area contributed by atoms with Crippen LogP contribution in [0.4, 0.5) is 0 Å². The van der Waals surface area contributed by atoms with Gasteiger partial charge in [0, 0.05) is 23.5 Å². The number of nitriles is 2. The number of nitrogens with zero attached hydrogens (tertiary/aromatic N) is 2. The average Bonchev–Trinajstić information content (AvgIpc) is 2.77. The molecule has 136 valence electrons. The summed E-state index contributed by atoms with van der Waals surface area (Å²) in [6.45, 7) is 1.38. The van der Waals surface area contributed by atoms with Crippen LogP contribution in [0, 0.1) is 22.7 Å². The van der Waals surface area contributed by atoms with Gasteiger partial charge in [0.2, 0.25) is 0 Å². The van der Waals surface area contributed by atoms with Gasteiger partial charge in [-0.05, 0) is 11.1 Å². The summed E-state index contributed by atoms with van der Waals surface area (Å²) in [5.74, 6) is 0.898. The highest BCUT2D eigenvalue weighted by atomic mass is 15.1. The quantitative estimate of drug-likeness (QED) is 0.705. The minimum absolute atomic E-state index is 0.114. The molecule has 3 aromatic rings. The molecule has 0 radical (unpaired) electrons. The molecule has 4 nitrogen and oxygen atoms in total. The Bertz CT molecular complexity index is 1040. The third-order valence-corrected chi connectivity index (χ3v) is 4.31. The first kappa shape index (κ1) is 18.8. The van der Waals surface area contributed by atoms with Gasteiger partial charge in [-0.15, -0.1) is 0 Å². The number of nitrogens with one attached hydrogen (secondary N) is 2. The summed E-state index contributed by atoms with van der Waals surface area (Å²) in [5.41, 5.74) is 2.48. The van der Waals surface area contributed by atoms with Crippen molar-refractivity contribution in [3.05, 3.63) is 106 Å². The van der Waals surface area contributed by atoms with Crippen molar-refractivity contribution in [2.24, 2.45) is 0 Å². The number of hydrogen-bond acceptors (Lipinski definition) is 4. The van der Waals surface area contributed by atoms with E-state index in [1.165, 1.54) is 11.1 Å². The molecule has 0 aromatic heterocycles. The average molecular weight is 364 g/mol. The molecule has 0 saturated carbocycles. The van der Waals surface area contributed by atoms with Gasteiger partial charge in [0.05, 0.1) is 0 Å². The molecule has 0 aliphatic carbocycles. The fourth-order valence-electron chi connectivity index (χ4n) is 2.80. The topological polar surface area (TPSA) is 71.6 Å². The summed E-state index contributed by atoms with van der Waals surface area (Å²) in [6.07, 6.45) is 0. The van der Waals surface area contributed by atoms with Gasteiger partial charge in [0.1, 0.15) is 23.5 Å². The molecule has 0 unspecified atom stereocenters. The SMILES string of the molecule is N#CC(C#N)=c1ccc(=C(NCc2ccccc2)NCc2ccccc2)cc1. The van der Waals surface area contributed by atoms with Crippen molar-refractivity contribution in [1.82, 2.24) is 10.6 Å². The lowest BCUT2D eigenvalue weighted by atomic mass is 10.1. The zero-order valence-corrected chi connectivity index (χ0v) is 15.4. The zero-order chi connectivity index (χ0) is 19.6. The Balaban J connectivity index is 1.90. The Morgan fingerprint density at radius 2 is 1.04 bits per heavy atom. The maximum atomic E-state index is 9.04. The van der Waals surface area contributed by atoms with Crippen molar-refractivity contribution in [3.8, 4) is 12.1 Å². The molecule has 0 fully saturated rings. The zero-order valence-electron chi connectivity index (χ0n) is 15.4. The van der Waals surface area contributed by atoms with E-state index < -0.39 is 0 Å². The van der Waals surface area contributed by atoms with Gasteiger partial charge in [-0.1, -0.05) is 84.9 Å². The van der Waals surface area contributed by atoms with Crippen LogP contribution in [0.5, 0.6) is 0 Å².